The maximum absolute atomic E-state index is 10.5. The van der Waals surface area contributed by atoms with Crippen LogP contribution >= 0.6 is 0 Å². The van der Waals surface area contributed by atoms with Gasteiger partial charge < -0.3 is 4.79 Å². The molecule has 0 aromatic heterocycles. The molecule has 0 heterocycles. The number of hydrogen-bond donors (Lipinski definition) is 0. The zero-order chi connectivity index (χ0) is 10.8. The molecular formula is C14H18O. The van der Waals surface area contributed by atoms with E-state index >= 15 is 0 Å². The molecule has 2 rings (SSSR count). The molecule has 0 fully saturated rings. The fourth-order valence-corrected chi connectivity index (χ4v) is 2.41. The molecule has 1 nitrogen and oxygen atoms in total. The van der Waals surface area contributed by atoms with Crippen molar-refractivity contribution in [2.45, 2.75) is 44.9 Å². The lowest BCUT2D eigenvalue weighted by Crippen LogP contribution is -1.97. The van der Waals surface area contributed by atoms with Crippen molar-refractivity contribution in [3.8, 4) is 0 Å². The van der Waals surface area contributed by atoms with Crippen molar-refractivity contribution in [3.05, 3.63) is 34.9 Å². The van der Waals surface area contributed by atoms with Crippen LogP contribution in [0.4, 0.5) is 0 Å². The topological polar surface area (TPSA) is 17.1 Å². The Bertz CT molecular complexity index is 368. The lowest BCUT2D eigenvalue weighted by atomic mass is 9.93. The summed E-state index contributed by atoms with van der Waals surface area (Å²) < 4.78 is 0. The maximum atomic E-state index is 10.5. The van der Waals surface area contributed by atoms with E-state index in [1.165, 1.54) is 29.5 Å². The highest BCUT2D eigenvalue weighted by Gasteiger charge is 2.19. The van der Waals surface area contributed by atoms with Crippen molar-refractivity contribution in [2.75, 3.05) is 0 Å². The van der Waals surface area contributed by atoms with Crippen LogP contribution in [0.5, 0.6) is 0 Å². The molecule has 0 aliphatic heterocycles. The Morgan fingerprint density at radius 2 is 2.33 bits per heavy atom. The summed E-state index contributed by atoms with van der Waals surface area (Å²) in [6, 6.07) is 6.74. The van der Waals surface area contributed by atoms with E-state index in [1.54, 1.807) is 0 Å². The maximum Gasteiger partial charge on any atom is 0.120 e. The number of fused-ring (bicyclic) bond motifs is 1. The first-order valence-electron chi connectivity index (χ1n) is 5.78. The highest BCUT2D eigenvalue weighted by atomic mass is 16.1. The van der Waals surface area contributed by atoms with E-state index in [0.717, 1.165) is 6.29 Å². The predicted octanol–water partition coefficient (Wildman–Crippen LogP) is 3.43. The van der Waals surface area contributed by atoms with Gasteiger partial charge in [-0.05, 0) is 41.4 Å². The third-order valence-corrected chi connectivity index (χ3v) is 3.57. The molecule has 1 aliphatic rings. The van der Waals surface area contributed by atoms with E-state index < -0.39 is 0 Å². The Morgan fingerprint density at radius 3 is 3.07 bits per heavy atom. The van der Waals surface area contributed by atoms with E-state index in [-0.39, 0.29) is 0 Å². The molecule has 0 spiro atoms. The molecule has 15 heavy (non-hydrogen) atoms. The van der Waals surface area contributed by atoms with Crippen LogP contribution < -0.4 is 0 Å². The molecule has 0 bridgehead atoms. The summed E-state index contributed by atoms with van der Waals surface area (Å²) in [5, 5.41) is 0. The molecule has 2 atom stereocenters. The highest BCUT2D eigenvalue weighted by Crippen LogP contribution is 2.34. The molecule has 0 radical (unpaired) electrons. The fraction of sp³-hybridized carbons (Fsp3) is 0.500. The molecule has 1 aliphatic carbocycles. The monoisotopic (exact) mass is 202 g/mol. The van der Waals surface area contributed by atoms with Gasteiger partial charge in [0.15, 0.2) is 0 Å². The first-order valence-corrected chi connectivity index (χ1v) is 5.78. The smallest absolute Gasteiger partial charge is 0.120 e. The summed E-state index contributed by atoms with van der Waals surface area (Å²) in [4.78, 5) is 10.5. The Morgan fingerprint density at radius 1 is 1.53 bits per heavy atom. The molecule has 2 unspecified atom stereocenters. The molecule has 1 aromatic carbocycles. The zero-order valence-electron chi connectivity index (χ0n) is 9.49. The number of benzene rings is 1. The van der Waals surface area contributed by atoms with Gasteiger partial charge in [0.25, 0.3) is 0 Å². The molecule has 0 amide bonds. The number of rotatable bonds is 3. The van der Waals surface area contributed by atoms with Crippen LogP contribution in [0.3, 0.4) is 0 Å². The van der Waals surface area contributed by atoms with Gasteiger partial charge in [0.05, 0.1) is 0 Å². The van der Waals surface area contributed by atoms with E-state index in [9.17, 15) is 4.79 Å². The van der Waals surface area contributed by atoms with E-state index in [0.29, 0.717) is 18.3 Å². The quantitative estimate of drug-likeness (QED) is 0.686. The van der Waals surface area contributed by atoms with Crippen LogP contribution in [0, 0.1) is 0 Å². The summed E-state index contributed by atoms with van der Waals surface area (Å²) in [7, 11) is 0. The number of aldehydes is 1. The minimum Gasteiger partial charge on any atom is -0.303 e. The second-order valence-electron chi connectivity index (χ2n) is 4.70. The summed E-state index contributed by atoms with van der Waals surface area (Å²) in [6.07, 6.45) is 4.15. The lowest BCUT2D eigenvalue weighted by molar-refractivity contribution is -0.108. The van der Waals surface area contributed by atoms with Gasteiger partial charge >= 0.3 is 0 Å². The number of hydrogen-bond acceptors (Lipinski definition) is 1. The van der Waals surface area contributed by atoms with Crippen molar-refractivity contribution >= 4 is 6.29 Å². The minimum atomic E-state index is 0.362. The molecule has 1 aromatic rings. The largest absolute Gasteiger partial charge is 0.303 e. The van der Waals surface area contributed by atoms with Crippen LogP contribution in [0.15, 0.2) is 18.2 Å². The predicted molar refractivity (Wildman–Crippen MR) is 62.3 cm³/mol. The number of aryl methyl sites for hydroxylation is 1. The van der Waals surface area contributed by atoms with E-state index in [4.69, 9.17) is 0 Å². The third kappa shape index (κ3) is 1.97. The van der Waals surface area contributed by atoms with Gasteiger partial charge in [0.1, 0.15) is 6.29 Å². The molecule has 1 heteroatoms. The SMILES string of the molecule is CC(CC=O)c1ccc2c(c1)C(C)CC2. The summed E-state index contributed by atoms with van der Waals surface area (Å²) in [5.41, 5.74) is 4.32. The second kappa shape index (κ2) is 4.18. The van der Waals surface area contributed by atoms with Crippen molar-refractivity contribution < 1.29 is 4.79 Å². The van der Waals surface area contributed by atoms with Crippen molar-refractivity contribution in [2.24, 2.45) is 0 Å². The standard InChI is InChI=1S/C14H18O/c1-10(7-8-15)13-6-5-12-4-3-11(2)14(12)9-13/h5-6,8-11H,3-4,7H2,1-2H3. The first-order chi connectivity index (χ1) is 7.22. The Kier molecular flexibility index (Phi) is 2.90. The summed E-state index contributed by atoms with van der Waals surface area (Å²) >= 11 is 0. The Balaban J connectivity index is 2.28. The average molecular weight is 202 g/mol. The first kappa shape index (κ1) is 10.4. The molecule has 0 N–H and O–H groups in total. The van der Waals surface area contributed by atoms with Crippen LogP contribution in [0.1, 0.15) is 55.2 Å². The van der Waals surface area contributed by atoms with Gasteiger partial charge in [0, 0.05) is 6.42 Å². The fourth-order valence-electron chi connectivity index (χ4n) is 2.41. The average Bonchev–Trinajstić information content (AvgIpc) is 2.60. The van der Waals surface area contributed by atoms with Crippen molar-refractivity contribution in [1.82, 2.24) is 0 Å². The second-order valence-corrected chi connectivity index (χ2v) is 4.70. The summed E-state index contributed by atoms with van der Waals surface area (Å²) in [5.74, 6) is 1.06. The van der Waals surface area contributed by atoms with Crippen molar-refractivity contribution in [3.63, 3.8) is 0 Å². The number of carbonyl (C=O) groups excluding carboxylic acids is 1. The van der Waals surface area contributed by atoms with Gasteiger partial charge in [-0.2, -0.15) is 0 Å². The Labute approximate surface area is 91.5 Å². The van der Waals surface area contributed by atoms with Crippen LogP contribution in [-0.2, 0) is 11.2 Å². The van der Waals surface area contributed by atoms with Crippen molar-refractivity contribution in [1.29, 1.82) is 0 Å². The van der Waals surface area contributed by atoms with Gasteiger partial charge in [-0.25, -0.2) is 0 Å². The van der Waals surface area contributed by atoms with Gasteiger partial charge in [-0.3, -0.25) is 0 Å². The minimum absolute atomic E-state index is 0.362. The molecule has 0 saturated carbocycles. The summed E-state index contributed by atoms with van der Waals surface area (Å²) in [6.45, 7) is 4.41. The lowest BCUT2D eigenvalue weighted by Gasteiger charge is -2.12. The van der Waals surface area contributed by atoms with Crippen LogP contribution in [-0.4, -0.2) is 6.29 Å². The van der Waals surface area contributed by atoms with E-state index in [2.05, 4.69) is 32.0 Å². The molecule has 80 valence electrons. The van der Waals surface area contributed by atoms with Gasteiger partial charge in [-0.1, -0.05) is 32.0 Å². The number of carbonyl (C=O) groups is 1. The van der Waals surface area contributed by atoms with E-state index in [1.807, 2.05) is 0 Å². The van der Waals surface area contributed by atoms with Crippen LogP contribution in [0.2, 0.25) is 0 Å². The van der Waals surface area contributed by atoms with Crippen LogP contribution in [0.25, 0.3) is 0 Å². The third-order valence-electron chi connectivity index (χ3n) is 3.57. The normalized spacial score (nSPS) is 21.1. The highest BCUT2D eigenvalue weighted by molar-refractivity contribution is 5.52. The Hall–Kier alpha value is -1.11. The van der Waals surface area contributed by atoms with Gasteiger partial charge in [0.2, 0.25) is 0 Å². The zero-order valence-corrected chi connectivity index (χ0v) is 9.49. The molecule has 0 saturated heterocycles. The van der Waals surface area contributed by atoms with Gasteiger partial charge in [-0.15, -0.1) is 0 Å². The molecular weight excluding hydrogens is 184 g/mol.